The van der Waals surface area contributed by atoms with Crippen LogP contribution in [0.25, 0.3) is 5.69 Å². The smallest absolute Gasteiger partial charge is 0.344 e. The lowest BCUT2D eigenvalue weighted by Crippen LogP contribution is -2.51. The maximum Gasteiger partial charge on any atom is 0.344 e. The number of benzene rings is 1. The number of urea groups is 1. The second-order valence-electron chi connectivity index (χ2n) is 9.04. The first-order chi connectivity index (χ1) is 17.0. The third kappa shape index (κ3) is 4.59. The van der Waals surface area contributed by atoms with Crippen molar-refractivity contribution >= 4 is 35.6 Å². The van der Waals surface area contributed by atoms with E-state index in [9.17, 15) is 14.4 Å². The maximum absolute atomic E-state index is 12.9. The summed E-state index contributed by atoms with van der Waals surface area (Å²) in [6, 6.07) is 7.34. The van der Waals surface area contributed by atoms with Gasteiger partial charge in [-0.3, -0.25) is 19.6 Å². The molecule has 0 unspecified atom stereocenters. The molecule has 2 saturated heterocycles. The number of rotatable bonds is 6. The lowest BCUT2D eigenvalue weighted by atomic mass is 9.82. The monoisotopic (exact) mass is 499 g/mol. The molecule has 12 heteroatoms. The third-order valence-electron chi connectivity index (χ3n) is 6.70. The number of hydrogen-bond acceptors (Lipinski definition) is 8. The number of para-hydroxylation sites is 1. The molecule has 2 aromatic rings. The molecule has 1 aliphatic carbocycles. The van der Waals surface area contributed by atoms with Gasteiger partial charge in [-0.25, -0.2) is 4.79 Å². The number of aromatic nitrogens is 3. The summed E-state index contributed by atoms with van der Waals surface area (Å²) in [6.45, 7) is 4.63. The minimum Gasteiger partial charge on any atom is -0.378 e. The van der Waals surface area contributed by atoms with Crippen LogP contribution in [0.4, 0.5) is 10.7 Å². The molecule has 5 rings (SSSR count). The molecule has 3 fully saturated rings. The molecule has 0 bridgehead atoms. The third-order valence-corrected chi connectivity index (χ3v) is 7.63. The van der Waals surface area contributed by atoms with Crippen molar-refractivity contribution in [2.24, 2.45) is 0 Å². The molecule has 1 saturated carbocycles. The van der Waals surface area contributed by atoms with E-state index in [1.807, 2.05) is 35.8 Å². The van der Waals surface area contributed by atoms with E-state index < -0.39 is 17.5 Å². The Morgan fingerprint density at radius 2 is 1.89 bits per heavy atom. The molecule has 3 heterocycles. The highest BCUT2D eigenvalue weighted by atomic mass is 32.2. The number of imide groups is 1. The number of nitrogens with one attached hydrogen (secondary N) is 2. The van der Waals surface area contributed by atoms with E-state index in [0.29, 0.717) is 50.2 Å². The molecule has 1 spiro atoms. The van der Waals surface area contributed by atoms with Crippen LogP contribution < -0.4 is 15.6 Å². The lowest BCUT2D eigenvalue weighted by molar-refractivity contribution is -0.139. The van der Waals surface area contributed by atoms with Gasteiger partial charge in [0.1, 0.15) is 5.54 Å². The van der Waals surface area contributed by atoms with Crippen LogP contribution in [-0.4, -0.2) is 75.2 Å². The van der Waals surface area contributed by atoms with Gasteiger partial charge in [0.2, 0.25) is 11.9 Å². The van der Waals surface area contributed by atoms with Crippen LogP contribution in [0.1, 0.15) is 37.7 Å². The van der Waals surface area contributed by atoms with Gasteiger partial charge >= 0.3 is 6.03 Å². The van der Waals surface area contributed by atoms with Crippen molar-refractivity contribution in [3.63, 3.8) is 0 Å². The van der Waals surface area contributed by atoms with E-state index >= 15 is 0 Å². The van der Waals surface area contributed by atoms with Crippen LogP contribution in [0.5, 0.6) is 0 Å². The predicted molar refractivity (Wildman–Crippen MR) is 129 cm³/mol. The highest BCUT2D eigenvalue weighted by Crippen LogP contribution is 2.33. The average Bonchev–Trinajstić information content (AvgIpc) is 3.39. The quantitative estimate of drug-likeness (QED) is 0.456. The largest absolute Gasteiger partial charge is 0.378 e. The fraction of sp³-hybridized carbons (Fsp3) is 0.522. The van der Waals surface area contributed by atoms with Gasteiger partial charge in [-0.2, -0.15) is 5.01 Å². The fourth-order valence-corrected chi connectivity index (χ4v) is 5.58. The zero-order valence-corrected chi connectivity index (χ0v) is 20.5. The summed E-state index contributed by atoms with van der Waals surface area (Å²) in [5.74, 6) is -0.173. The van der Waals surface area contributed by atoms with Crippen molar-refractivity contribution in [1.82, 2.24) is 30.5 Å². The highest BCUT2D eigenvalue weighted by molar-refractivity contribution is 7.99. The summed E-state index contributed by atoms with van der Waals surface area (Å²) in [5, 5.41) is 13.0. The first-order valence-corrected chi connectivity index (χ1v) is 12.9. The number of morpholine rings is 1. The van der Waals surface area contributed by atoms with E-state index in [0.717, 1.165) is 35.5 Å². The van der Waals surface area contributed by atoms with Gasteiger partial charge in [-0.15, -0.1) is 10.2 Å². The minimum absolute atomic E-state index is 0.0306. The van der Waals surface area contributed by atoms with E-state index in [1.54, 1.807) is 0 Å². The molecule has 35 heavy (non-hydrogen) atoms. The number of amides is 4. The Labute approximate surface area is 207 Å². The standard InChI is InChI=1S/C23H29N7O4S/c1-16-7-3-4-8-17(16)29-20(28-11-13-34-14-12-28)25-26-22(29)35-15-18(31)27-30-19(32)23(24-21(30)33)9-5-2-6-10-23/h3-4,7-8H,2,5-6,9-15H2,1H3,(H,24,33)(H,27,31). The zero-order chi connectivity index (χ0) is 24.4. The van der Waals surface area contributed by atoms with Crippen LogP contribution in [0.15, 0.2) is 29.4 Å². The van der Waals surface area contributed by atoms with Crippen LogP contribution in [-0.2, 0) is 14.3 Å². The van der Waals surface area contributed by atoms with Crippen LogP contribution >= 0.6 is 11.8 Å². The van der Waals surface area contributed by atoms with E-state index in [1.165, 1.54) is 11.8 Å². The zero-order valence-electron chi connectivity index (χ0n) is 19.7. The van der Waals surface area contributed by atoms with Crippen molar-refractivity contribution in [2.75, 3.05) is 37.0 Å². The highest BCUT2D eigenvalue weighted by Gasteiger charge is 2.52. The number of thioether (sulfide) groups is 1. The molecule has 0 radical (unpaired) electrons. The van der Waals surface area contributed by atoms with Crippen molar-refractivity contribution in [2.45, 2.75) is 49.7 Å². The Kier molecular flexibility index (Phi) is 6.65. The predicted octanol–water partition coefficient (Wildman–Crippen LogP) is 1.79. The normalized spacial score (nSPS) is 19.8. The minimum atomic E-state index is -0.881. The van der Waals surface area contributed by atoms with Crippen molar-refractivity contribution < 1.29 is 19.1 Å². The number of hydrogen-bond donors (Lipinski definition) is 2. The number of nitrogens with zero attached hydrogens (tertiary/aromatic N) is 5. The molecule has 11 nitrogen and oxygen atoms in total. The van der Waals surface area contributed by atoms with Crippen LogP contribution in [0, 0.1) is 6.92 Å². The van der Waals surface area contributed by atoms with E-state index in [4.69, 9.17) is 4.74 Å². The second-order valence-corrected chi connectivity index (χ2v) is 9.98. The van der Waals surface area contributed by atoms with Gasteiger partial charge in [0.25, 0.3) is 5.91 Å². The Morgan fingerprint density at radius 3 is 2.63 bits per heavy atom. The number of carbonyl (C=O) groups is 3. The van der Waals surface area contributed by atoms with Crippen molar-refractivity contribution in [3.8, 4) is 5.69 Å². The Morgan fingerprint density at radius 1 is 1.14 bits per heavy atom. The van der Waals surface area contributed by atoms with Gasteiger partial charge in [-0.1, -0.05) is 49.2 Å². The van der Waals surface area contributed by atoms with Gasteiger partial charge in [0.15, 0.2) is 5.16 Å². The topological polar surface area (TPSA) is 122 Å². The van der Waals surface area contributed by atoms with Crippen LogP contribution in [0.3, 0.4) is 0 Å². The molecule has 2 aliphatic heterocycles. The van der Waals surface area contributed by atoms with E-state index in [2.05, 4.69) is 25.8 Å². The summed E-state index contributed by atoms with van der Waals surface area (Å²) < 4.78 is 7.42. The molecular formula is C23H29N7O4S. The van der Waals surface area contributed by atoms with Crippen LogP contribution in [0.2, 0.25) is 0 Å². The summed E-state index contributed by atoms with van der Waals surface area (Å²) in [6.07, 6.45) is 4.00. The molecule has 3 aliphatic rings. The Balaban J connectivity index is 1.31. The van der Waals surface area contributed by atoms with Gasteiger partial charge in [-0.05, 0) is 31.4 Å². The van der Waals surface area contributed by atoms with E-state index in [-0.39, 0.29) is 11.7 Å². The Bertz CT molecular complexity index is 1120. The molecular weight excluding hydrogens is 470 g/mol. The fourth-order valence-electron chi connectivity index (χ4n) is 4.85. The average molecular weight is 500 g/mol. The molecule has 0 atom stereocenters. The molecule has 2 N–H and O–H groups in total. The lowest BCUT2D eigenvalue weighted by Gasteiger charge is -2.30. The maximum atomic E-state index is 12.9. The van der Waals surface area contributed by atoms with Gasteiger partial charge in [0, 0.05) is 13.1 Å². The number of ether oxygens (including phenoxy) is 1. The second kappa shape index (κ2) is 9.86. The first-order valence-electron chi connectivity index (χ1n) is 11.9. The number of hydrazine groups is 1. The summed E-state index contributed by atoms with van der Waals surface area (Å²) >= 11 is 1.21. The van der Waals surface area contributed by atoms with Gasteiger partial charge < -0.3 is 15.0 Å². The number of carbonyl (C=O) groups excluding carboxylic acids is 3. The summed E-state index contributed by atoms with van der Waals surface area (Å²) in [5.41, 5.74) is 3.58. The summed E-state index contributed by atoms with van der Waals surface area (Å²) in [7, 11) is 0. The van der Waals surface area contributed by atoms with Crippen molar-refractivity contribution in [1.29, 1.82) is 0 Å². The first kappa shape index (κ1) is 23.6. The molecule has 4 amide bonds. The molecule has 186 valence electrons. The Hall–Kier alpha value is -3.12. The summed E-state index contributed by atoms with van der Waals surface area (Å²) in [4.78, 5) is 40.3. The SMILES string of the molecule is Cc1ccccc1-n1c(SCC(=O)NN2C(=O)NC3(CCCCC3)C2=O)nnc1N1CCOCC1. The number of aryl methyl sites for hydroxylation is 1. The molecule has 1 aromatic heterocycles. The van der Waals surface area contributed by atoms with Gasteiger partial charge in [0.05, 0.1) is 24.7 Å². The number of anilines is 1. The molecule has 1 aromatic carbocycles. The van der Waals surface area contributed by atoms with Crippen molar-refractivity contribution in [3.05, 3.63) is 29.8 Å².